The first-order valence-electron chi connectivity index (χ1n) is 9.35. The molecule has 0 heterocycles. The van der Waals surface area contributed by atoms with Crippen LogP contribution < -0.4 is 27.8 Å². The number of hydrogen-bond donors (Lipinski definition) is 7. The molecular formula is C17H32N6O6. The molecule has 0 aromatic heterocycles. The molecule has 12 nitrogen and oxygen atoms in total. The zero-order chi connectivity index (χ0) is 22.6. The fourth-order valence-corrected chi connectivity index (χ4v) is 2.40. The highest BCUT2D eigenvalue weighted by Crippen LogP contribution is 2.10. The Morgan fingerprint density at radius 3 is 2.14 bits per heavy atom. The van der Waals surface area contributed by atoms with Gasteiger partial charge in [0.2, 0.25) is 11.8 Å². The van der Waals surface area contributed by atoms with E-state index in [2.05, 4.69) is 15.6 Å². The lowest BCUT2D eigenvalue weighted by atomic mass is 9.97. The van der Waals surface area contributed by atoms with E-state index in [1.807, 2.05) is 6.92 Å². The number of guanidine groups is 1. The number of aliphatic carboxylic acids is 2. The van der Waals surface area contributed by atoms with Gasteiger partial charge in [-0.25, -0.2) is 4.79 Å². The lowest BCUT2D eigenvalue weighted by Crippen LogP contribution is -2.56. The maximum absolute atomic E-state index is 12.6. The third-order valence-corrected chi connectivity index (χ3v) is 4.36. The molecule has 0 unspecified atom stereocenters. The van der Waals surface area contributed by atoms with Crippen molar-refractivity contribution in [1.29, 1.82) is 0 Å². The Bertz CT molecular complexity index is 607. The Morgan fingerprint density at radius 1 is 1.03 bits per heavy atom. The van der Waals surface area contributed by atoms with Crippen molar-refractivity contribution in [2.45, 2.75) is 64.1 Å². The van der Waals surface area contributed by atoms with Crippen LogP contribution in [0, 0.1) is 5.92 Å². The van der Waals surface area contributed by atoms with Gasteiger partial charge in [-0.3, -0.25) is 19.4 Å². The van der Waals surface area contributed by atoms with E-state index in [1.54, 1.807) is 6.92 Å². The maximum atomic E-state index is 12.6. The van der Waals surface area contributed by atoms with E-state index < -0.39 is 48.3 Å². The Hall–Kier alpha value is -2.89. The zero-order valence-corrected chi connectivity index (χ0v) is 16.8. The molecule has 4 atom stereocenters. The van der Waals surface area contributed by atoms with Crippen molar-refractivity contribution in [3.63, 3.8) is 0 Å². The normalized spacial score (nSPS) is 14.7. The summed E-state index contributed by atoms with van der Waals surface area (Å²) in [6.07, 6.45) is 0.585. The highest BCUT2D eigenvalue weighted by Gasteiger charge is 2.31. The van der Waals surface area contributed by atoms with E-state index in [0.29, 0.717) is 19.4 Å². The zero-order valence-electron chi connectivity index (χ0n) is 16.8. The van der Waals surface area contributed by atoms with Gasteiger partial charge in [-0.1, -0.05) is 20.3 Å². The van der Waals surface area contributed by atoms with Crippen LogP contribution >= 0.6 is 0 Å². The molecule has 0 aliphatic rings. The van der Waals surface area contributed by atoms with Gasteiger partial charge in [0, 0.05) is 13.0 Å². The molecule has 0 saturated heterocycles. The summed E-state index contributed by atoms with van der Waals surface area (Å²) < 4.78 is 0. The van der Waals surface area contributed by atoms with Gasteiger partial charge in [0.1, 0.15) is 12.1 Å². The molecule has 166 valence electrons. The molecule has 0 spiro atoms. The molecule has 0 saturated carbocycles. The number of carboxylic acid groups (broad SMARTS) is 2. The molecule has 0 rings (SSSR count). The second-order valence-corrected chi connectivity index (χ2v) is 6.76. The lowest BCUT2D eigenvalue weighted by molar-refractivity contribution is -0.143. The van der Waals surface area contributed by atoms with Crippen molar-refractivity contribution in [2.75, 3.05) is 6.54 Å². The number of aliphatic imine (C=N–C) groups is 1. The molecule has 12 heteroatoms. The van der Waals surface area contributed by atoms with E-state index in [1.165, 1.54) is 0 Å². The van der Waals surface area contributed by atoms with E-state index in [-0.39, 0.29) is 24.7 Å². The van der Waals surface area contributed by atoms with E-state index >= 15 is 0 Å². The van der Waals surface area contributed by atoms with Gasteiger partial charge in [-0.05, 0) is 25.2 Å². The minimum Gasteiger partial charge on any atom is -0.481 e. The van der Waals surface area contributed by atoms with Gasteiger partial charge in [-0.15, -0.1) is 0 Å². The van der Waals surface area contributed by atoms with Crippen LogP contribution in [0.4, 0.5) is 0 Å². The summed E-state index contributed by atoms with van der Waals surface area (Å²) >= 11 is 0. The smallest absolute Gasteiger partial charge is 0.326 e. The number of amides is 2. The van der Waals surface area contributed by atoms with Crippen LogP contribution in [-0.4, -0.2) is 64.6 Å². The van der Waals surface area contributed by atoms with Crippen molar-refractivity contribution in [3.8, 4) is 0 Å². The summed E-state index contributed by atoms with van der Waals surface area (Å²) in [5.74, 6) is -4.17. The van der Waals surface area contributed by atoms with Crippen LogP contribution in [0.3, 0.4) is 0 Å². The highest BCUT2D eigenvalue weighted by molar-refractivity contribution is 5.92. The molecular weight excluding hydrogens is 384 g/mol. The summed E-state index contributed by atoms with van der Waals surface area (Å²) in [6, 6.07) is -3.29. The predicted molar refractivity (Wildman–Crippen MR) is 106 cm³/mol. The van der Waals surface area contributed by atoms with Crippen LogP contribution in [0.5, 0.6) is 0 Å². The Morgan fingerprint density at radius 2 is 1.66 bits per heavy atom. The number of nitrogens with zero attached hydrogens (tertiary/aromatic N) is 1. The predicted octanol–water partition coefficient (Wildman–Crippen LogP) is -1.67. The fourth-order valence-electron chi connectivity index (χ4n) is 2.40. The quantitative estimate of drug-likeness (QED) is 0.0975. The van der Waals surface area contributed by atoms with Gasteiger partial charge in [0.15, 0.2) is 5.96 Å². The summed E-state index contributed by atoms with van der Waals surface area (Å²) in [5, 5.41) is 22.8. The van der Waals surface area contributed by atoms with Gasteiger partial charge >= 0.3 is 11.9 Å². The Balaban J connectivity index is 4.98. The second kappa shape index (κ2) is 13.3. The number of carbonyl (C=O) groups excluding carboxylic acids is 2. The molecule has 0 aliphatic carbocycles. The van der Waals surface area contributed by atoms with Crippen LogP contribution in [0.15, 0.2) is 4.99 Å². The first kappa shape index (κ1) is 26.1. The molecule has 0 aliphatic heterocycles. The molecule has 0 radical (unpaired) electrons. The molecule has 0 aromatic rings. The molecule has 10 N–H and O–H groups in total. The third kappa shape index (κ3) is 10.9. The lowest BCUT2D eigenvalue weighted by Gasteiger charge is -2.26. The first-order valence-corrected chi connectivity index (χ1v) is 9.35. The third-order valence-electron chi connectivity index (χ3n) is 4.36. The van der Waals surface area contributed by atoms with Gasteiger partial charge in [0.25, 0.3) is 0 Å². The Labute approximate surface area is 169 Å². The summed E-state index contributed by atoms with van der Waals surface area (Å²) in [6.45, 7) is 3.84. The molecule has 29 heavy (non-hydrogen) atoms. The Kier molecular flexibility index (Phi) is 12.0. The highest BCUT2D eigenvalue weighted by atomic mass is 16.4. The maximum Gasteiger partial charge on any atom is 0.326 e. The molecule has 0 fully saturated rings. The largest absolute Gasteiger partial charge is 0.481 e. The summed E-state index contributed by atoms with van der Waals surface area (Å²) in [4.78, 5) is 50.7. The monoisotopic (exact) mass is 416 g/mol. The fraction of sp³-hybridized carbons (Fsp3) is 0.706. The van der Waals surface area contributed by atoms with Crippen LogP contribution in [0.2, 0.25) is 0 Å². The number of nitrogens with two attached hydrogens (primary N) is 3. The van der Waals surface area contributed by atoms with E-state index in [4.69, 9.17) is 22.3 Å². The SMILES string of the molecule is CC[C@H](C)[C@H](NC(=O)[C@@H](N)CCCN=C(N)N)C(=O)N[C@@H](CCC(=O)O)C(=O)O. The number of nitrogens with one attached hydrogen (secondary N) is 2. The van der Waals surface area contributed by atoms with Crippen molar-refractivity contribution in [1.82, 2.24) is 10.6 Å². The average molecular weight is 416 g/mol. The average Bonchev–Trinajstić information content (AvgIpc) is 2.64. The van der Waals surface area contributed by atoms with Crippen LogP contribution in [0.1, 0.15) is 46.0 Å². The van der Waals surface area contributed by atoms with Crippen LogP contribution in [-0.2, 0) is 19.2 Å². The number of rotatable bonds is 14. The topological polar surface area (TPSA) is 223 Å². The molecule has 2 amide bonds. The number of hydrogen-bond acceptors (Lipinski definition) is 6. The van der Waals surface area contributed by atoms with Crippen molar-refractivity contribution >= 4 is 29.7 Å². The minimum atomic E-state index is -1.38. The second-order valence-electron chi connectivity index (χ2n) is 6.76. The molecule has 0 aromatic carbocycles. The number of carboxylic acids is 2. The van der Waals surface area contributed by atoms with Crippen molar-refractivity contribution < 1.29 is 29.4 Å². The first-order chi connectivity index (χ1) is 13.5. The van der Waals surface area contributed by atoms with E-state index in [9.17, 15) is 24.3 Å². The van der Waals surface area contributed by atoms with Crippen LogP contribution in [0.25, 0.3) is 0 Å². The minimum absolute atomic E-state index is 0.0626. The standard InChI is InChI=1S/C17H32N6O6/c1-3-9(2)13(15(27)22-11(16(28)29)6-7-12(24)25)23-14(26)10(18)5-4-8-21-17(19)20/h9-11,13H,3-8,18H2,1-2H3,(H,22,27)(H,23,26)(H,24,25)(H,28,29)(H4,19,20,21)/t9-,10-,11-,13-/m0/s1. The number of carbonyl (C=O) groups is 4. The summed E-state index contributed by atoms with van der Waals surface area (Å²) in [7, 11) is 0. The van der Waals surface area contributed by atoms with Crippen molar-refractivity contribution in [3.05, 3.63) is 0 Å². The summed E-state index contributed by atoms with van der Waals surface area (Å²) in [5.41, 5.74) is 16.3. The van der Waals surface area contributed by atoms with Gasteiger partial charge < -0.3 is 38.0 Å². The van der Waals surface area contributed by atoms with Gasteiger partial charge in [-0.2, -0.15) is 0 Å². The van der Waals surface area contributed by atoms with Gasteiger partial charge in [0.05, 0.1) is 6.04 Å². The van der Waals surface area contributed by atoms with E-state index in [0.717, 1.165) is 0 Å². The van der Waals surface area contributed by atoms with Crippen molar-refractivity contribution in [2.24, 2.45) is 28.1 Å². The molecule has 0 bridgehead atoms.